The van der Waals surface area contributed by atoms with Gasteiger partial charge in [0, 0.05) is 0 Å². The van der Waals surface area contributed by atoms with Crippen molar-refractivity contribution in [3.05, 3.63) is 34.9 Å². The zero-order valence-corrected chi connectivity index (χ0v) is 14.0. The number of aryl methyl sites for hydroxylation is 2. The van der Waals surface area contributed by atoms with E-state index >= 15 is 0 Å². The fraction of sp³-hybridized carbons (Fsp3) is 0.700. The number of hydrogen-bond acceptors (Lipinski definition) is 0. The Morgan fingerprint density at radius 3 is 1.90 bits per heavy atom. The third-order valence-electron chi connectivity index (χ3n) is 4.22. The highest BCUT2D eigenvalue weighted by molar-refractivity contribution is 5.36. The molecule has 0 heteroatoms. The summed E-state index contributed by atoms with van der Waals surface area (Å²) < 4.78 is 0. The summed E-state index contributed by atoms with van der Waals surface area (Å²) in [6.07, 6.45) is 14.7. The van der Waals surface area contributed by atoms with E-state index in [1.54, 1.807) is 16.7 Å². The lowest BCUT2D eigenvalue weighted by molar-refractivity contribution is 0.629. The molecular weight excluding hydrogens is 240 g/mol. The fourth-order valence-electron chi connectivity index (χ4n) is 3.02. The number of rotatable bonds is 11. The highest BCUT2D eigenvalue weighted by Gasteiger charge is 2.07. The molecule has 0 spiro atoms. The van der Waals surface area contributed by atoms with Crippen LogP contribution in [0.5, 0.6) is 0 Å². The smallest absolute Gasteiger partial charge is 0.0274 e. The largest absolute Gasteiger partial charge is 0.0654 e. The first kappa shape index (κ1) is 17.3. The van der Waals surface area contributed by atoms with Crippen molar-refractivity contribution in [3.8, 4) is 0 Å². The van der Waals surface area contributed by atoms with Gasteiger partial charge in [-0.1, -0.05) is 77.5 Å². The van der Waals surface area contributed by atoms with Crippen molar-refractivity contribution >= 4 is 0 Å². The molecule has 0 atom stereocenters. The van der Waals surface area contributed by atoms with Gasteiger partial charge in [0.15, 0.2) is 0 Å². The van der Waals surface area contributed by atoms with Gasteiger partial charge in [-0.3, -0.25) is 0 Å². The molecule has 0 aliphatic rings. The molecule has 0 aromatic heterocycles. The maximum Gasteiger partial charge on any atom is -0.0274 e. The van der Waals surface area contributed by atoms with Crippen LogP contribution in [0, 0.1) is 0 Å². The van der Waals surface area contributed by atoms with Crippen molar-refractivity contribution in [2.75, 3.05) is 0 Å². The van der Waals surface area contributed by atoms with Gasteiger partial charge in [-0.25, -0.2) is 0 Å². The summed E-state index contributed by atoms with van der Waals surface area (Å²) in [7, 11) is 0. The summed E-state index contributed by atoms with van der Waals surface area (Å²) in [5, 5.41) is 0. The molecule has 0 N–H and O–H groups in total. The van der Waals surface area contributed by atoms with E-state index in [4.69, 9.17) is 0 Å². The Kier molecular flexibility index (Phi) is 9.45. The molecule has 114 valence electrons. The lowest BCUT2D eigenvalue weighted by Crippen LogP contribution is -2.01. The standard InChI is InChI=1S/C20H34/c1-4-7-9-10-11-14-19-16-12-15-18(13-6-3)20(19)17-8-5-2/h12,15-16H,4-11,13-14,17H2,1-3H3. The summed E-state index contributed by atoms with van der Waals surface area (Å²) in [6, 6.07) is 7.01. The molecule has 0 amide bonds. The minimum Gasteiger partial charge on any atom is -0.0654 e. The summed E-state index contributed by atoms with van der Waals surface area (Å²) in [5.74, 6) is 0. The molecule has 0 aliphatic heterocycles. The normalized spacial score (nSPS) is 10.9. The molecule has 0 bridgehead atoms. The molecule has 0 nitrogen and oxygen atoms in total. The van der Waals surface area contributed by atoms with Crippen LogP contribution in [0.1, 0.15) is 88.8 Å². The summed E-state index contributed by atoms with van der Waals surface area (Å²) in [5.41, 5.74) is 4.94. The van der Waals surface area contributed by atoms with Crippen molar-refractivity contribution in [2.24, 2.45) is 0 Å². The van der Waals surface area contributed by atoms with Crippen LogP contribution in [0.15, 0.2) is 18.2 Å². The second kappa shape index (κ2) is 10.9. The first-order chi connectivity index (χ1) is 9.83. The SMILES string of the molecule is CCCCCCCc1cccc(CCC)c1CCCC. The molecule has 0 aliphatic carbocycles. The zero-order chi connectivity index (χ0) is 14.6. The fourth-order valence-corrected chi connectivity index (χ4v) is 3.02. The van der Waals surface area contributed by atoms with E-state index in [1.165, 1.54) is 70.6 Å². The number of hydrogen-bond donors (Lipinski definition) is 0. The Labute approximate surface area is 127 Å². The van der Waals surface area contributed by atoms with Crippen LogP contribution in [-0.4, -0.2) is 0 Å². The quantitative estimate of drug-likeness (QED) is 0.404. The van der Waals surface area contributed by atoms with E-state index in [9.17, 15) is 0 Å². The maximum absolute atomic E-state index is 2.38. The van der Waals surface area contributed by atoms with E-state index in [0.717, 1.165) is 0 Å². The van der Waals surface area contributed by atoms with Crippen molar-refractivity contribution in [3.63, 3.8) is 0 Å². The van der Waals surface area contributed by atoms with E-state index in [2.05, 4.69) is 39.0 Å². The molecule has 1 aromatic rings. The van der Waals surface area contributed by atoms with Gasteiger partial charge in [-0.15, -0.1) is 0 Å². The molecule has 0 radical (unpaired) electrons. The molecular formula is C20H34. The van der Waals surface area contributed by atoms with Crippen molar-refractivity contribution < 1.29 is 0 Å². The van der Waals surface area contributed by atoms with E-state index in [0.29, 0.717) is 0 Å². The molecule has 0 heterocycles. The van der Waals surface area contributed by atoms with Gasteiger partial charge in [0.2, 0.25) is 0 Å². The highest BCUT2D eigenvalue weighted by atomic mass is 14.1. The Balaban J connectivity index is 2.64. The number of unbranched alkanes of at least 4 members (excludes halogenated alkanes) is 5. The van der Waals surface area contributed by atoms with Crippen LogP contribution < -0.4 is 0 Å². The zero-order valence-electron chi connectivity index (χ0n) is 14.0. The van der Waals surface area contributed by atoms with Gasteiger partial charge in [0.1, 0.15) is 0 Å². The average Bonchev–Trinajstić information content (AvgIpc) is 2.46. The molecule has 1 aromatic carbocycles. The molecule has 0 saturated carbocycles. The van der Waals surface area contributed by atoms with Gasteiger partial charge in [0.05, 0.1) is 0 Å². The third-order valence-corrected chi connectivity index (χ3v) is 4.22. The van der Waals surface area contributed by atoms with E-state index < -0.39 is 0 Å². The first-order valence-electron chi connectivity index (χ1n) is 8.93. The minimum absolute atomic E-state index is 1.25. The molecule has 1 rings (SSSR count). The van der Waals surface area contributed by atoms with Gasteiger partial charge in [-0.05, 0) is 48.8 Å². The Hall–Kier alpha value is -0.780. The predicted molar refractivity (Wildman–Crippen MR) is 91.5 cm³/mol. The molecule has 0 unspecified atom stereocenters. The van der Waals surface area contributed by atoms with Crippen molar-refractivity contribution in [1.29, 1.82) is 0 Å². The van der Waals surface area contributed by atoms with E-state index in [-0.39, 0.29) is 0 Å². The van der Waals surface area contributed by atoms with Gasteiger partial charge in [-0.2, -0.15) is 0 Å². The lowest BCUT2D eigenvalue weighted by Gasteiger charge is -2.14. The Bertz CT molecular complexity index is 351. The average molecular weight is 274 g/mol. The topological polar surface area (TPSA) is 0 Å². The molecule has 0 saturated heterocycles. The van der Waals surface area contributed by atoms with Gasteiger partial charge < -0.3 is 0 Å². The summed E-state index contributed by atoms with van der Waals surface area (Å²) in [4.78, 5) is 0. The predicted octanol–water partition coefficient (Wildman–Crippen LogP) is 6.49. The first-order valence-corrected chi connectivity index (χ1v) is 8.93. The minimum atomic E-state index is 1.25. The van der Waals surface area contributed by atoms with Crippen LogP contribution in [-0.2, 0) is 19.3 Å². The second-order valence-electron chi connectivity index (χ2n) is 6.07. The van der Waals surface area contributed by atoms with Crippen LogP contribution in [0.25, 0.3) is 0 Å². The maximum atomic E-state index is 2.38. The number of benzene rings is 1. The summed E-state index contributed by atoms with van der Waals surface area (Å²) in [6.45, 7) is 6.88. The lowest BCUT2D eigenvalue weighted by atomic mass is 9.91. The van der Waals surface area contributed by atoms with Crippen LogP contribution in [0.4, 0.5) is 0 Å². The highest BCUT2D eigenvalue weighted by Crippen LogP contribution is 2.21. The third kappa shape index (κ3) is 6.11. The van der Waals surface area contributed by atoms with E-state index in [1.807, 2.05) is 0 Å². The van der Waals surface area contributed by atoms with Crippen LogP contribution in [0.3, 0.4) is 0 Å². The Morgan fingerprint density at radius 2 is 1.25 bits per heavy atom. The molecule has 0 fully saturated rings. The van der Waals surface area contributed by atoms with Gasteiger partial charge in [0.25, 0.3) is 0 Å². The molecule has 20 heavy (non-hydrogen) atoms. The monoisotopic (exact) mass is 274 g/mol. The van der Waals surface area contributed by atoms with Crippen LogP contribution >= 0.6 is 0 Å². The van der Waals surface area contributed by atoms with Crippen molar-refractivity contribution in [2.45, 2.75) is 91.4 Å². The Morgan fingerprint density at radius 1 is 0.600 bits per heavy atom. The van der Waals surface area contributed by atoms with Crippen LogP contribution in [0.2, 0.25) is 0 Å². The summed E-state index contributed by atoms with van der Waals surface area (Å²) >= 11 is 0. The second-order valence-corrected chi connectivity index (χ2v) is 6.07. The van der Waals surface area contributed by atoms with Gasteiger partial charge >= 0.3 is 0 Å². The van der Waals surface area contributed by atoms with Crippen molar-refractivity contribution in [1.82, 2.24) is 0 Å².